The van der Waals surface area contributed by atoms with Gasteiger partial charge in [-0.15, -0.1) is 0 Å². The topological polar surface area (TPSA) is 34.0 Å². The molecule has 112 valence electrons. The van der Waals surface area contributed by atoms with Crippen LogP contribution in [0.3, 0.4) is 0 Å². The molecular formula is C18H24N2O. The van der Waals surface area contributed by atoms with Gasteiger partial charge >= 0.3 is 0 Å². The van der Waals surface area contributed by atoms with E-state index in [0.717, 1.165) is 5.69 Å². The van der Waals surface area contributed by atoms with Crippen LogP contribution in [-0.4, -0.2) is 4.57 Å². The van der Waals surface area contributed by atoms with Gasteiger partial charge in [-0.25, -0.2) is 0 Å². The molecule has 0 fully saturated rings. The van der Waals surface area contributed by atoms with Crippen LogP contribution in [0.15, 0.2) is 35.3 Å². The van der Waals surface area contributed by atoms with Gasteiger partial charge in [-0.1, -0.05) is 12.1 Å². The number of pyridine rings is 1. The maximum absolute atomic E-state index is 11.6. The quantitative estimate of drug-likeness (QED) is 0.922. The van der Waals surface area contributed by atoms with E-state index in [9.17, 15) is 4.79 Å². The molecule has 2 rings (SSSR count). The highest BCUT2D eigenvalue weighted by molar-refractivity contribution is 5.46. The molecule has 1 heterocycles. The van der Waals surface area contributed by atoms with Crippen molar-refractivity contribution in [3.8, 4) is 0 Å². The first-order chi connectivity index (χ1) is 9.92. The van der Waals surface area contributed by atoms with Crippen molar-refractivity contribution in [2.75, 3.05) is 5.32 Å². The Hall–Kier alpha value is -2.03. The fourth-order valence-electron chi connectivity index (χ4n) is 2.64. The lowest BCUT2D eigenvalue weighted by atomic mass is 9.96. The highest BCUT2D eigenvalue weighted by Crippen LogP contribution is 2.24. The van der Waals surface area contributed by atoms with Crippen LogP contribution < -0.4 is 10.9 Å². The van der Waals surface area contributed by atoms with E-state index in [-0.39, 0.29) is 11.6 Å². The largest absolute Gasteiger partial charge is 0.377 e. The van der Waals surface area contributed by atoms with Gasteiger partial charge in [-0.05, 0) is 62.9 Å². The Labute approximate surface area is 126 Å². The Bertz CT molecular complexity index is 701. The van der Waals surface area contributed by atoms with Crippen LogP contribution in [0.25, 0.3) is 0 Å². The van der Waals surface area contributed by atoms with E-state index in [1.807, 2.05) is 19.2 Å². The second-order valence-electron chi connectivity index (χ2n) is 5.70. The molecule has 1 atom stereocenters. The normalized spacial score (nSPS) is 12.2. The molecule has 1 N–H and O–H groups in total. The molecule has 0 saturated heterocycles. The van der Waals surface area contributed by atoms with Crippen LogP contribution in [0.2, 0.25) is 0 Å². The fourth-order valence-corrected chi connectivity index (χ4v) is 2.64. The summed E-state index contributed by atoms with van der Waals surface area (Å²) in [6.07, 6.45) is 1.88. The second kappa shape index (κ2) is 6.17. The summed E-state index contributed by atoms with van der Waals surface area (Å²) in [6, 6.07) is 8.15. The highest BCUT2D eigenvalue weighted by atomic mass is 16.1. The molecule has 1 aromatic heterocycles. The zero-order valence-electron chi connectivity index (χ0n) is 13.5. The van der Waals surface area contributed by atoms with Gasteiger partial charge in [0, 0.05) is 24.8 Å². The Balaban J connectivity index is 2.27. The van der Waals surface area contributed by atoms with Crippen molar-refractivity contribution in [2.45, 2.75) is 47.2 Å². The zero-order valence-corrected chi connectivity index (χ0v) is 13.5. The number of benzene rings is 1. The third kappa shape index (κ3) is 3.35. The van der Waals surface area contributed by atoms with Crippen LogP contribution in [0.1, 0.15) is 42.1 Å². The molecule has 0 aliphatic rings. The fraction of sp³-hybridized carbons (Fsp3) is 0.389. The molecule has 1 aromatic carbocycles. The maximum Gasteiger partial charge on any atom is 0.250 e. The molecule has 21 heavy (non-hydrogen) atoms. The van der Waals surface area contributed by atoms with Gasteiger partial charge in [0.25, 0.3) is 5.56 Å². The lowest BCUT2D eigenvalue weighted by Gasteiger charge is -2.20. The van der Waals surface area contributed by atoms with E-state index in [4.69, 9.17) is 0 Å². The van der Waals surface area contributed by atoms with Crippen molar-refractivity contribution in [1.29, 1.82) is 0 Å². The summed E-state index contributed by atoms with van der Waals surface area (Å²) in [5.74, 6) is 0. The number of aromatic nitrogens is 1. The molecule has 1 unspecified atom stereocenters. The number of rotatable bonds is 4. The van der Waals surface area contributed by atoms with Gasteiger partial charge < -0.3 is 9.88 Å². The standard InChI is InChI=1S/C18H24N2O/c1-6-20-11-16(7-8-18(20)21)19-15(5)17-10-13(3)12(2)9-14(17)4/h7-11,15,19H,6H2,1-5H3. The Kier molecular flexibility index (Phi) is 4.51. The summed E-state index contributed by atoms with van der Waals surface area (Å²) >= 11 is 0. The van der Waals surface area contributed by atoms with E-state index in [1.54, 1.807) is 10.6 Å². The summed E-state index contributed by atoms with van der Waals surface area (Å²) in [7, 11) is 0. The predicted octanol–water partition coefficient (Wildman–Crippen LogP) is 3.97. The monoisotopic (exact) mass is 284 g/mol. The molecular weight excluding hydrogens is 260 g/mol. The van der Waals surface area contributed by atoms with Crippen LogP contribution in [0, 0.1) is 20.8 Å². The number of aryl methyl sites for hydroxylation is 4. The minimum Gasteiger partial charge on any atom is -0.377 e. The van der Waals surface area contributed by atoms with E-state index >= 15 is 0 Å². The number of nitrogens with zero attached hydrogens (tertiary/aromatic N) is 1. The molecule has 0 saturated carbocycles. The van der Waals surface area contributed by atoms with E-state index < -0.39 is 0 Å². The first-order valence-corrected chi connectivity index (χ1v) is 7.47. The third-order valence-electron chi connectivity index (χ3n) is 4.06. The summed E-state index contributed by atoms with van der Waals surface area (Å²) < 4.78 is 1.71. The van der Waals surface area contributed by atoms with Crippen LogP contribution >= 0.6 is 0 Å². The average molecular weight is 284 g/mol. The van der Waals surface area contributed by atoms with Crippen LogP contribution in [0.5, 0.6) is 0 Å². The van der Waals surface area contributed by atoms with Crippen molar-refractivity contribution in [3.05, 3.63) is 63.1 Å². The Morgan fingerprint density at radius 1 is 1.10 bits per heavy atom. The van der Waals surface area contributed by atoms with Gasteiger partial charge in [-0.3, -0.25) is 4.79 Å². The molecule has 3 nitrogen and oxygen atoms in total. The zero-order chi connectivity index (χ0) is 15.6. The van der Waals surface area contributed by atoms with E-state index in [1.165, 1.54) is 22.3 Å². The van der Waals surface area contributed by atoms with E-state index in [2.05, 4.69) is 45.1 Å². The molecule has 0 aliphatic heterocycles. The van der Waals surface area contributed by atoms with Crippen molar-refractivity contribution in [1.82, 2.24) is 4.57 Å². The van der Waals surface area contributed by atoms with Gasteiger partial charge in [-0.2, -0.15) is 0 Å². The van der Waals surface area contributed by atoms with Crippen molar-refractivity contribution >= 4 is 5.69 Å². The van der Waals surface area contributed by atoms with Crippen molar-refractivity contribution in [2.24, 2.45) is 0 Å². The van der Waals surface area contributed by atoms with E-state index in [0.29, 0.717) is 6.54 Å². The summed E-state index contributed by atoms with van der Waals surface area (Å²) in [5, 5.41) is 3.49. The van der Waals surface area contributed by atoms with Gasteiger partial charge in [0.2, 0.25) is 0 Å². The lowest BCUT2D eigenvalue weighted by Crippen LogP contribution is -2.18. The maximum atomic E-state index is 11.6. The summed E-state index contributed by atoms with van der Waals surface area (Å²) in [5.41, 5.74) is 6.24. The van der Waals surface area contributed by atoms with Crippen LogP contribution in [-0.2, 0) is 6.54 Å². The minimum absolute atomic E-state index is 0.0399. The van der Waals surface area contributed by atoms with Crippen molar-refractivity contribution in [3.63, 3.8) is 0 Å². The molecule has 3 heteroatoms. The van der Waals surface area contributed by atoms with Gasteiger partial charge in [0.1, 0.15) is 0 Å². The smallest absolute Gasteiger partial charge is 0.250 e. The van der Waals surface area contributed by atoms with Gasteiger partial charge in [0.05, 0.1) is 5.69 Å². The third-order valence-corrected chi connectivity index (χ3v) is 4.06. The molecule has 0 aliphatic carbocycles. The lowest BCUT2D eigenvalue weighted by molar-refractivity contribution is 0.725. The molecule has 2 aromatic rings. The molecule has 0 bridgehead atoms. The van der Waals surface area contributed by atoms with Gasteiger partial charge in [0.15, 0.2) is 0 Å². The molecule has 0 amide bonds. The van der Waals surface area contributed by atoms with Crippen molar-refractivity contribution < 1.29 is 0 Å². The predicted molar refractivity (Wildman–Crippen MR) is 89.1 cm³/mol. The minimum atomic E-state index is 0.0399. The Morgan fingerprint density at radius 3 is 2.43 bits per heavy atom. The average Bonchev–Trinajstić information content (AvgIpc) is 2.44. The summed E-state index contributed by atoms with van der Waals surface area (Å²) in [6.45, 7) is 11.2. The Morgan fingerprint density at radius 2 is 1.76 bits per heavy atom. The number of hydrogen-bond donors (Lipinski definition) is 1. The SMILES string of the molecule is CCn1cc(NC(C)c2cc(C)c(C)cc2C)ccc1=O. The van der Waals surface area contributed by atoms with Crippen LogP contribution in [0.4, 0.5) is 5.69 Å². The number of anilines is 1. The second-order valence-corrected chi connectivity index (χ2v) is 5.70. The highest BCUT2D eigenvalue weighted by Gasteiger charge is 2.10. The summed E-state index contributed by atoms with van der Waals surface area (Å²) in [4.78, 5) is 11.6. The number of nitrogens with one attached hydrogen (secondary N) is 1. The number of hydrogen-bond acceptors (Lipinski definition) is 2. The first kappa shape index (κ1) is 15.4. The first-order valence-electron chi connectivity index (χ1n) is 7.47. The molecule has 0 radical (unpaired) electrons. The molecule has 0 spiro atoms.